The van der Waals surface area contributed by atoms with Crippen LogP contribution >= 0.6 is 15.9 Å². The van der Waals surface area contributed by atoms with Gasteiger partial charge in [0.15, 0.2) is 0 Å². The molecule has 0 bridgehead atoms. The summed E-state index contributed by atoms with van der Waals surface area (Å²) in [6.07, 6.45) is 4.27. The Bertz CT molecular complexity index is 397. The van der Waals surface area contributed by atoms with Crippen LogP contribution in [0.4, 0.5) is 5.69 Å². The molecule has 1 amide bonds. The number of hydrogen-bond acceptors (Lipinski definition) is 3. The van der Waals surface area contributed by atoms with Crippen LogP contribution in [0.1, 0.15) is 13.3 Å². The predicted octanol–water partition coefficient (Wildman–Crippen LogP) is 2.21. The third kappa shape index (κ3) is 2.59. The lowest BCUT2D eigenvalue weighted by atomic mass is 10.1. The summed E-state index contributed by atoms with van der Waals surface area (Å²) in [5.74, 6) is -0.0358. The van der Waals surface area contributed by atoms with Gasteiger partial charge >= 0.3 is 0 Å². The first-order valence-corrected chi connectivity index (χ1v) is 5.98. The van der Waals surface area contributed by atoms with Gasteiger partial charge in [-0.1, -0.05) is 0 Å². The lowest BCUT2D eigenvalue weighted by Gasteiger charge is -2.10. The van der Waals surface area contributed by atoms with Gasteiger partial charge in [-0.2, -0.15) is 0 Å². The van der Waals surface area contributed by atoms with Crippen molar-refractivity contribution in [2.75, 3.05) is 11.9 Å². The lowest BCUT2D eigenvalue weighted by Crippen LogP contribution is -2.23. The van der Waals surface area contributed by atoms with Crippen LogP contribution in [0.25, 0.3) is 0 Å². The van der Waals surface area contributed by atoms with E-state index in [-0.39, 0.29) is 17.9 Å². The van der Waals surface area contributed by atoms with E-state index in [4.69, 9.17) is 4.74 Å². The fraction of sp³-hybridized carbons (Fsp3) is 0.455. The Hall–Kier alpha value is -0.940. The summed E-state index contributed by atoms with van der Waals surface area (Å²) >= 11 is 3.34. The molecule has 2 atom stereocenters. The van der Waals surface area contributed by atoms with Crippen LogP contribution in [0.5, 0.6) is 0 Å². The Morgan fingerprint density at radius 3 is 3.12 bits per heavy atom. The first kappa shape index (κ1) is 11.5. The van der Waals surface area contributed by atoms with E-state index in [0.29, 0.717) is 6.61 Å². The number of rotatable bonds is 2. The van der Waals surface area contributed by atoms with E-state index in [9.17, 15) is 4.79 Å². The molecule has 0 radical (unpaired) electrons. The molecular formula is C11H13BrN2O2. The van der Waals surface area contributed by atoms with Crippen molar-refractivity contribution in [3.05, 3.63) is 22.9 Å². The molecule has 1 aliphatic heterocycles. The van der Waals surface area contributed by atoms with Gasteiger partial charge < -0.3 is 10.1 Å². The number of nitrogens with one attached hydrogen (secondary N) is 1. The number of carbonyl (C=O) groups excluding carboxylic acids is 1. The molecule has 0 aliphatic carbocycles. The van der Waals surface area contributed by atoms with E-state index >= 15 is 0 Å². The zero-order chi connectivity index (χ0) is 11.5. The second kappa shape index (κ2) is 4.93. The van der Waals surface area contributed by atoms with Crippen LogP contribution in [0, 0.1) is 5.92 Å². The van der Waals surface area contributed by atoms with Crippen LogP contribution < -0.4 is 5.32 Å². The molecular weight excluding hydrogens is 272 g/mol. The first-order valence-electron chi connectivity index (χ1n) is 5.19. The average molecular weight is 285 g/mol. The highest BCUT2D eigenvalue weighted by Crippen LogP contribution is 2.24. The third-order valence-corrected chi connectivity index (χ3v) is 3.23. The summed E-state index contributed by atoms with van der Waals surface area (Å²) in [6.45, 7) is 2.49. The Balaban J connectivity index is 2.00. The van der Waals surface area contributed by atoms with Gasteiger partial charge in [-0.3, -0.25) is 9.78 Å². The molecule has 1 N–H and O–H groups in total. The molecule has 2 unspecified atom stereocenters. The molecule has 0 aromatic carbocycles. The van der Waals surface area contributed by atoms with Gasteiger partial charge in [0.1, 0.15) is 0 Å². The standard InChI is InChI=1S/C11H13BrN2O2/c1-7-4-8(6-16-7)11(15)14-10-2-3-13-5-9(10)12/h2-3,5,7-8H,4,6H2,1H3,(H,13,14,15). The molecule has 5 heteroatoms. The maximum Gasteiger partial charge on any atom is 0.229 e. The minimum Gasteiger partial charge on any atom is -0.378 e. The highest BCUT2D eigenvalue weighted by Gasteiger charge is 2.28. The van der Waals surface area contributed by atoms with Gasteiger partial charge in [0.05, 0.1) is 28.8 Å². The molecule has 1 fully saturated rings. The SMILES string of the molecule is CC1CC(C(=O)Nc2ccncc2Br)CO1. The number of anilines is 1. The molecule has 1 aromatic heterocycles. The van der Waals surface area contributed by atoms with Crippen LogP contribution in [0.2, 0.25) is 0 Å². The van der Waals surface area contributed by atoms with Crippen molar-refractivity contribution in [1.82, 2.24) is 4.98 Å². The normalized spacial score (nSPS) is 24.4. The number of ether oxygens (including phenoxy) is 1. The fourth-order valence-electron chi connectivity index (χ4n) is 1.71. The minimum absolute atomic E-state index is 0.0104. The first-order chi connectivity index (χ1) is 7.66. The molecule has 0 saturated carbocycles. The van der Waals surface area contributed by atoms with Gasteiger partial charge in [0.25, 0.3) is 0 Å². The fourth-order valence-corrected chi connectivity index (χ4v) is 2.06. The van der Waals surface area contributed by atoms with Crippen LogP contribution in [-0.4, -0.2) is 23.6 Å². The van der Waals surface area contributed by atoms with E-state index in [1.807, 2.05) is 6.92 Å². The summed E-state index contributed by atoms with van der Waals surface area (Å²) < 4.78 is 6.16. The zero-order valence-corrected chi connectivity index (χ0v) is 10.5. The van der Waals surface area contributed by atoms with Crippen LogP contribution in [-0.2, 0) is 9.53 Å². The van der Waals surface area contributed by atoms with E-state index in [0.717, 1.165) is 16.6 Å². The minimum atomic E-state index is -0.0462. The molecule has 0 spiro atoms. The number of amides is 1. The van der Waals surface area contributed by atoms with Crippen LogP contribution in [0.3, 0.4) is 0 Å². The smallest absolute Gasteiger partial charge is 0.229 e. The highest BCUT2D eigenvalue weighted by molar-refractivity contribution is 9.10. The van der Waals surface area contributed by atoms with Gasteiger partial charge in [0.2, 0.25) is 5.91 Å². The van der Waals surface area contributed by atoms with Gasteiger partial charge in [0, 0.05) is 12.4 Å². The molecule has 86 valence electrons. The van der Waals surface area contributed by atoms with Crippen molar-refractivity contribution in [3.8, 4) is 0 Å². The third-order valence-electron chi connectivity index (χ3n) is 2.60. The quantitative estimate of drug-likeness (QED) is 0.906. The van der Waals surface area contributed by atoms with E-state index < -0.39 is 0 Å². The molecule has 1 aromatic rings. The number of hydrogen-bond donors (Lipinski definition) is 1. The van der Waals surface area contributed by atoms with Crippen molar-refractivity contribution < 1.29 is 9.53 Å². The number of pyridine rings is 1. The van der Waals surface area contributed by atoms with Gasteiger partial charge in [-0.25, -0.2) is 0 Å². The maximum absolute atomic E-state index is 11.9. The highest BCUT2D eigenvalue weighted by atomic mass is 79.9. The predicted molar refractivity (Wildman–Crippen MR) is 64.1 cm³/mol. The Morgan fingerprint density at radius 2 is 2.50 bits per heavy atom. The topological polar surface area (TPSA) is 51.2 Å². The maximum atomic E-state index is 11.9. The molecule has 4 nitrogen and oxygen atoms in total. The van der Waals surface area contributed by atoms with E-state index in [1.165, 1.54) is 0 Å². The molecule has 2 heterocycles. The van der Waals surface area contributed by atoms with Crippen molar-refractivity contribution in [2.45, 2.75) is 19.4 Å². The number of nitrogens with zero attached hydrogens (tertiary/aromatic N) is 1. The number of halogens is 1. The molecule has 1 aliphatic rings. The summed E-state index contributed by atoms with van der Waals surface area (Å²) in [7, 11) is 0. The Kier molecular flexibility index (Phi) is 3.56. The monoisotopic (exact) mass is 284 g/mol. The number of aromatic nitrogens is 1. The average Bonchev–Trinajstić information content (AvgIpc) is 2.68. The molecule has 2 rings (SSSR count). The summed E-state index contributed by atoms with van der Waals surface area (Å²) in [6, 6.07) is 1.77. The largest absolute Gasteiger partial charge is 0.378 e. The Labute approximate surface area is 103 Å². The van der Waals surface area contributed by atoms with Crippen molar-refractivity contribution in [2.24, 2.45) is 5.92 Å². The van der Waals surface area contributed by atoms with Crippen molar-refractivity contribution in [1.29, 1.82) is 0 Å². The van der Waals surface area contributed by atoms with Crippen molar-refractivity contribution in [3.63, 3.8) is 0 Å². The summed E-state index contributed by atoms with van der Waals surface area (Å²) in [4.78, 5) is 15.8. The molecule has 16 heavy (non-hydrogen) atoms. The zero-order valence-electron chi connectivity index (χ0n) is 8.94. The van der Waals surface area contributed by atoms with Crippen LogP contribution in [0.15, 0.2) is 22.9 Å². The molecule has 1 saturated heterocycles. The van der Waals surface area contributed by atoms with Crippen molar-refractivity contribution >= 4 is 27.5 Å². The summed E-state index contributed by atoms with van der Waals surface area (Å²) in [5, 5.41) is 2.87. The second-order valence-corrected chi connectivity index (χ2v) is 4.78. The van der Waals surface area contributed by atoms with E-state index in [1.54, 1.807) is 18.5 Å². The van der Waals surface area contributed by atoms with Gasteiger partial charge in [-0.15, -0.1) is 0 Å². The number of carbonyl (C=O) groups is 1. The lowest BCUT2D eigenvalue weighted by molar-refractivity contribution is -0.119. The van der Waals surface area contributed by atoms with E-state index in [2.05, 4.69) is 26.2 Å². The Morgan fingerprint density at radius 1 is 1.69 bits per heavy atom. The second-order valence-electron chi connectivity index (χ2n) is 3.92. The summed E-state index contributed by atoms with van der Waals surface area (Å²) in [5.41, 5.74) is 0.750. The van der Waals surface area contributed by atoms with Gasteiger partial charge in [-0.05, 0) is 35.3 Å².